The summed E-state index contributed by atoms with van der Waals surface area (Å²) in [5.74, 6) is 0.156. The zero-order valence-electron chi connectivity index (χ0n) is 11.9. The molecule has 21 heavy (non-hydrogen) atoms. The van der Waals surface area contributed by atoms with Gasteiger partial charge in [-0.3, -0.25) is 4.98 Å². The average molecular weight is 353 g/mol. The van der Waals surface area contributed by atoms with E-state index < -0.39 is 0 Å². The van der Waals surface area contributed by atoms with Gasteiger partial charge in [-0.2, -0.15) is 0 Å². The molecule has 3 nitrogen and oxygen atoms in total. The highest BCUT2D eigenvalue weighted by Crippen LogP contribution is 2.21. The second-order valence-corrected chi connectivity index (χ2v) is 5.61. The van der Waals surface area contributed by atoms with Crippen LogP contribution in [0.25, 0.3) is 0 Å². The molecule has 2 rings (SSSR count). The van der Waals surface area contributed by atoms with Crippen LogP contribution in [0.1, 0.15) is 24.7 Å². The summed E-state index contributed by atoms with van der Waals surface area (Å²) in [7, 11) is 0. The highest BCUT2D eigenvalue weighted by Gasteiger charge is 2.02. The molecule has 1 N–H and O–H groups in total. The van der Waals surface area contributed by atoms with Crippen LogP contribution >= 0.6 is 15.9 Å². The fourth-order valence-corrected chi connectivity index (χ4v) is 2.31. The Bertz CT molecular complexity index is 572. The van der Waals surface area contributed by atoms with Crippen molar-refractivity contribution in [1.82, 2.24) is 10.3 Å². The Morgan fingerprint density at radius 3 is 2.81 bits per heavy atom. The van der Waals surface area contributed by atoms with Crippen LogP contribution < -0.4 is 10.1 Å². The number of nitrogens with zero attached hydrogens (tertiary/aromatic N) is 1. The van der Waals surface area contributed by atoms with Gasteiger partial charge in [0, 0.05) is 17.1 Å². The van der Waals surface area contributed by atoms with Gasteiger partial charge in [0.05, 0.1) is 11.4 Å². The van der Waals surface area contributed by atoms with Crippen molar-refractivity contribution in [3.05, 3.63) is 58.1 Å². The number of nitrogens with one attached hydrogen (secondary N) is 1. The summed E-state index contributed by atoms with van der Waals surface area (Å²) in [4.78, 5) is 4.51. The first kappa shape index (κ1) is 15.9. The van der Waals surface area contributed by atoms with E-state index in [1.165, 1.54) is 12.1 Å². The van der Waals surface area contributed by atoms with Crippen molar-refractivity contribution in [2.45, 2.75) is 26.5 Å². The smallest absolute Gasteiger partial charge is 0.130 e. The van der Waals surface area contributed by atoms with E-state index in [1.807, 2.05) is 18.2 Å². The van der Waals surface area contributed by atoms with Crippen LogP contribution in [0, 0.1) is 5.82 Å². The molecule has 2 aromatic rings. The van der Waals surface area contributed by atoms with E-state index in [-0.39, 0.29) is 5.82 Å². The summed E-state index contributed by atoms with van der Waals surface area (Å²) in [6, 6.07) is 10.3. The molecule has 5 heteroatoms. The van der Waals surface area contributed by atoms with E-state index in [2.05, 4.69) is 33.2 Å². The van der Waals surface area contributed by atoms with E-state index in [0.29, 0.717) is 16.8 Å². The van der Waals surface area contributed by atoms with Crippen molar-refractivity contribution >= 4 is 15.9 Å². The van der Waals surface area contributed by atoms with Gasteiger partial charge < -0.3 is 10.1 Å². The fraction of sp³-hybridized carbons (Fsp3) is 0.312. The Hall–Kier alpha value is -1.46. The lowest BCUT2D eigenvalue weighted by atomic mass is 10.3. The quantitative estimate of drug-likeness (QED) is 0.763. The minimum atomic E-state index is -0.329. The minimum absolute atomic E-state index is 0.317. The molecule has 1 aromatic carbocycles. The molecular formula is C16H18BrFN2O. The summed E-state index contributed by atoms with van der Waals surface area (Å²) in [6.07, 6.45) is 1.09. The Morgan fingerprint density at radius 1 is 1.24 bits per heavy atom. The molecule has 112 valence electrons. The summed E-state index contributed by atoms with van der Waals surface area (Å²) < 4.78 is 19.5. The largest absolute Gasteiger partial charge is 0.487 e. The van der Waals surface area contributed by atoms with E-state index >= 15 is 0 Å². The molecule has 0 unspecified atom stereocenters. The molecular weight excluding hydrogens is 335 g/mol. The van der Waals surface area contributed by atoms with E-state index in [4.69, 9.17) is 4.74 Å². The Kier molecular flexibility index (Phi) is 6.14. The van der Waals surface area contributed by atoms with Gasteiger partial charge in [-0.15, -0.1) is 0 Å². The van der Waals surface area contributed by atoms with Crippen LogP contribution in [0.2, 0.25) is 0 Å². The first-order chi connectivity index (χ1) is 10.2. The van der Waals surface area contributed by atoms with Gasteiger partial charge in [0.2, 0.25) is 0 Å². The Morgan fingerprint density at radius 2 is 2.05 bits per heavy atom. The lowest BCUT2D eigenvalue weighted by molar-refractivity contribution is 0.299. The van der Waals surface area contributed by atoms with Crippen molar-refractivity contribution < 1.29 is 9.13 Å². The number of benzene rings is 1. The molecule has 0 aliphatic heterocycles. The maximum Gasteiger partial charge on any atom is 0.130 e. The van der Waals surface area contributed by atoms with Crippen LogP contribution in [0.4, 0.5) is 4.39 Å². The van der Waals surface area contributed by atoms with Crippen molar-refractivity contribution in [3.8, 4) is 5.75 Å². The van der Waals surface area contributed by atoms with Crippen LogP contribution in [-0.2, 0) is 13.2 Å². The first-order valence-corrected chi connectivity index (χ1v) is 7.71. The molecule has 0 spiro atoms. The third kappa shape index (κ3) is 5.44. The third-order valence-corrected chi connectivity index (χ3v) is 3.28. The monoisotopic (exact) mass is 352 g/mol. The minimum Gasteiger partial charge on any atom is -0.487 e. The second-order valence-electron chi connectivity index (χ2n) is 4.69. The molecule has 0 atom stereocenters. The number of ether oxygens (including phenoxy) is 1. The molecule has 0 aliphatic carbocycles. The predicted octanol–water partition coefficient (Wildman–Crippen LogP) is 4.06. The van der Waals surface area contributed by atoms with Crippen molar-refractivity contribution in [2.75, 3.05) is 6.54 Å². The molecule has 0 aliphatic rings. The molecule has 0 saturated heterocycles. The predicted molar refractivity (Wildman–Crippen MR) is 84.7 cm³/mol. The molecule has 1 aromatic heterocycles. The van der Waals surface area contributed by atoms with Gasteiger partial charge >= 0.3 is 0 Å². The Balaban J connectivity index is 1.94. The zero-order chi connectivity index (χ0) is 15.1. The molecule has 0 radical (unpaired) electrons. The van der Waals surface area contributed by atoms with Crippen LogP contribution in [0.3, 0.4) is 0 Å². The third-order valence-electron chi connectivity index (χ3n) is 2.82. The molecule has 0 fully saturated rings. The lowest BCUT2D eigenvalue weighted by Gasteiger charge is -2.08. The SMILES string of the molecule is CCCNCc1cccc(COc2cc(F)cc(Br)c2)n1. The maximum absolute atomic E-state index is 13.3. The average Bonchev–Trinajstić information content (AvgIpc) is 2.45. The summed E-state index contributed by atoms with van der Waals surface area (Å²) in [6.45, 7) is 4.16. The van der Waals surface area contributed by atoms with E-state index in [9.17, 15) is 4.39 Å². The maximum atomic E-state index is 13.3. The second kappa shape index (κ2) is 8.10. The van der Waals surface area contributed by atoms with E-state index in [1.54, 1.807) is 6.07 Å². The van der Waals surface area contributed by atoms with Gasteiger partial charge in [0.15, 0.2) is 0 Å². The fourth-order valence-electron chi connectivity index (χ4n) is 1.87. The number of hydrogen-bond donors (Lipinski definition) is 1. The van der Waals surface area contributed by atoms with Crippen molar-refractivity contribution in [2.24, 2.45) is 0 Å². The molecule has 0 amide bonds. The van der Waals surface area contributed by atoms with E-state index in [0.717, 1.165) is 30.9 Å². The van der Waals surface area contributed by atoms with Gasteiger partial charge in [-0.1, -0.05) is 28.9 Å². The highest BCUT2D eigenvalue weighted by atomic mass is 79.9. The summed E-state index contributed by atoms with van der Waals surface area (Å²) in [5, 5.41) is 3.31. The van der Waals surface area contributed by atoms with Crippen molar-refractivity contribution in [3.63, 3.8) is 0 Å². The summed E-state index contributed by atoms with van der Waals surface area (Å²) >= 11 is 3.24. The van der Waals surface area contributed by atoms with Gasteiger partial charge in [0.25, 0.3) is 0 Å². The number of rotatable bonds is 7. The molecule has 0 bridgehead atoms. The lowest BCUT2D eigenvalue weighted by Crippen LogP contribution is -2.15. The van der Waals surface area contributed by atoms with Crippen LogP contribution in [-0.4, -0.2) is 11.5 Å². The highest BCUT2D eigenvalue weighted by molar-refractivity contribution is 9.10. The molecule has 0 saturated carbocycles. The standard InChI is InChI=1S/C16H18BrFN2O/c1-2-6-19-10-14-4-3-5-15(20-14)11-21-16-8-12(17)7-13(18)9-16/h3-5,7-9,19H,2,6,10-11H2,1H3. The van der Waals surface area contributed by atoms with Gasteiger partial charge in [-0.05, 0) is 37.2 Å². The Labute approximate surface area is 132 Å². The number of halogens is 2. The molecule has 1 heterocycles. The van der Waals surface area contributed by atoms with Gasteiger partial charge in [-0.25, -0.2) is 4.39 Å². The van der Waals surface area contributed by atoms with Crippen LogP contribution in [0.15, 0.2) is 40.9 Å². The van der Waals surface area contributed by atoms with Crippen LogP contribution in [0.5, 0.6) is 5.75 Å². The first-order valence-electron chi connectivity index (χ1n) is 6.92. The summed E-state index contributed by atoms with van der Waals surface area (Å²) in [5.41, 5.74) is 1.80. The number of hydrogen-bond acceptors (Lipinski definition) is 3. The topological polar surface area (TPSA) is 34.1 Å². The van der Waals surface area contributed by atoms with Gasteiger partial charge in [0.1, 0.15) is 18.2 Å². The normalized spacial score (nSPS) is 10.6. The number of pyridine rings is 1. The van der Waals surface area contributed by atoms with Crippen molar-refractivity contribution in [1.29, 1.82) is 0 Å². The zero-order valence-corrected chi connectivity index (χ0v) is 13.5. The number of aromatic nitrogens is 1.